The molecule has 0 unspecified atom stereocenters. The molecule has 2 saturated heterocycles. The number of likely N-dealkylation sites (tertiary alicyclic amines) is 1. The van der Waals surface area contributed by atoms with Gasteiger partial charge in [0.15, 0.2) is 0 Å². The van der Waals surface area contributed by atoms with E-state index in [4.69, 9.17) is 4.74 Å². The molecule has 0 atom stereocenters. The van der Waals surface area contributed by atoms with Crippen molar-refractivity contribution in [3.63, 3.8) is 0 Å². The Morgan fingerprint density at radius 2 is 1.47 bits per heavy atom. The van der Waals surface area contributed by atoms with E-state index in [0.717, 1.165) is 31.1 Å². The van der Waals surface area contributed by atoms with Crippen LogP contribution in [0.3, 0.4) is 0 Å². The average Bonchev–Trinajstić information content (AvgIpc) is 2.30. The first-order valence-electron chi connectivity index (χ1n) is 6.59. The maximum absolute atomic E-state index is 5.44. The molecule has 15 heavy (non-hydrogen) atoms. The number of nitrogens with zero attached hydrogens (tertiary/aromatic N) is 1. The minimum Gasteiger partial charge on any atom is -0.381 e. The summed E-state index contributed by atoms with van der Waals surface area (Å²) in [5, 5.41) is 0. The predicted octanol–water partition coefficient (Wildman–Crippen LogP) is 2.53. The molecule has 2 fully saturated rings. The van der Waals surface area contributed by atoms with E-state index < -0.39 is 0 Å². The van der Waals surface area contributed by atoms with Gasteiger partial charge in [0.1, 0.15) is 0 Å². The van der Waals surface area contributed by atoms with Crippen molar-refractivity contribution in [3.05, 3.63) is 0 Å². The topological polar surface area (TPSA) is 12.5 Å². The Morgan fingerprint density at radius 3 is 2.00 bits per heavy atom. The van der Waals surface area contributed by atoms with Gasteiger partial charge in [-0.25, -0.2) is 0 Å². The van der Waals surface area contributed by atoms with E-state index >= 15 is 0 Å². The molecular formula is C13H25NO. The van der Waals surface area contributed by atoms with Gasteiger partial charge in [0.05, 0.1) is 0 Å². The summed E-state index contributed by atoms with van der Waals surface area (Å²) in [6, 6.07) is 0.737. The zero-order valence-corrected chi connectivity index (χ0v) is 10.2. The lowest BCUT2D eigenvalue weighted by Crippen LogP contribution is -2.40. The van der Waals surface area contributed by atoms with Gasteiger partial charge in [-0.2, -0.15) is 0 Å². The summed E-state index contributed by atoms with van der Waals surface area (Å²) in [6.45, 7) is 9.28. The molecule has 0 radical (unpaired) electrons. The van der Waals surface area contributed by atoms with Crippen molar-refractivity contribution in [1.82, 2.24) is 4.90 Å². The average molecular weight is 211 g/mol. The number of piperidine rings is 1. The highest BCUT2D eigenvalue weighted by molar-refractivity contribution is 4.80. The van der Waals surface area contributed by atoms with Gasteiger partial charge in [0, 0.05) is 19.3 Å². The summed E-state index contributed by atoms with van der Waals surface area (Å²) in [5.74, 6) is 1.96. The molecule has 2 heteroatoms. The van der Waals surface area contributed by atoms with Gasteiger partial charge in [-0.05, 0) is 64.5 Å². The summed E-state index contributed by atoms with van der Waals surface area (Å²) < 4.78 is 5.44. The third kappa shape index (κ3) is 2.94. The van der Waals surface area contributed by atoms with Gasteiger partial charge in [-0.3, -0.25) is 0 Å². The second kappa shape index (κ2) is 5.31. The first-order valence-corrected chi connectivity index (χ1v) is 6.59. The van der Waals surface area contributed by atoms with E-state index in [1.807, 2.05) is 0 Å². The highest BCUT2D eigenvalue weighted by atomic mass is 16.5. The van der Waals surface area contributed by atoms with Crippen molar-refractivity contribution in [3.8, 4) is 0 Å². The largest absolute Gasteiger partial charge is 0.381 e. The van der Waals surface area contributed by atoms with E-state index in [-0.39, 0.29) is 0 Å². The standard InChI is InChI=1S/C13H25NO/c1-11(2)14-7-3-12(4-8-14)13-5-9-15-10-6-13/h11-13H,3-10H2,1-2H3. The maximum atomic E-state index is 5.44. The van der Waals surface area contributed by atoms with Crippen LogP contribution in [-0.4, -0.2) is 37.2 Å². The first kappa shape index (κ1) is 11.4. The summed E-state index contributed by atoms with van der Waals surface area (Å²) >= 11 is 0. The van der Waals surface area contributed by atoms with Crippen LogP contribution < -0.4 is 0 Å². The van der Waals surface area contributed by atoms with Gasteiger partial charge >= 0.3 is 0 Å². The summed E-state index contributed by atoms with van der Waals surface area (Å²) in [4.78, 5) is 2.62. The molecule has 0 saturated carbocycles. The molecule has 2 heterocycles. The van der Waals surface area contributed by atoms with E-state index in [1.165, 1.54) is 38.8 Å². The van der Waals surface area contributed by atoms with Gasteiger partial charge in [0.25, 0.3) is 0 Å². The Hall–Kier alpha value is -0.0800. The second-order valence-corrected chi connectivity index (χ2v) is 5.42. The number of hydrogen-bond acceptors (Lipinski definition) is 2. The molecule has 0 aromatic heterocycles. The van der Waals surface area contributed by atoms with Crippen molar-refractivity contribution in [2.75, 3.05) is 26.3 Å². The number of hydrogen-bond donors (Lipinski definition) is 0. The van der Waals surface area contributed by atoms with Crippen LogP contribution in [0, 0.1) is 11.8 Å². The molecule has 0 aromatic carbocycles. The molecule has 0 aromatic rings. The van der Waals surface area contributed by atoms with Crippen molar-refractivity contribution in [2.45, 2.75) is 45.6 Å². The normalized spacial score (nSPS) is 27.4. The molecule has 0 amide bonds. The molecule has 2 nitrogen and oxygen atoms in total. The third-order valence-corrected chi connectivity index (χ3v) is 4.24. The highest BCUT2D eigenvalue weighted by Gasteiger charge is 2.28. The Bertz CT molecular complexity index is 179. The van der Waals surface area contributed by atoms with E-state index in [9.17, 15) is 0 Å². The van der Waals surface area contributed by atoms with E-state index in [2.05, 4.69) is 18.7 Å². The molecular weight excluding hydrogens is 186 g/mol. The van der Waals surface area contributed by atoms with E-state index in [1.54, 1.807) is 0 Å². The molecule has 0 spiro atoms. The Morgan fingerprint density at radius 1 is 0.933 bits per heavy atom. The highest BCUT2D eigenvalue weighted by Crippen LogP contribution is 2.32. The van der Waals surface area contributed by atoms with Crippen LogP contribution in [0.5, 0.6) is 0 Å². The Labute approximate surface area is 94.0 Å². The van der Waals surface area contributed by atoms with Crippen molar-refractivity contribution in [1.29, 1.82) is 0 Å². The summed E-state index contributed by atoms with van der Waals surface area (Å²) in [6.07, 6.45) is 5.46. The molecule has 2 aliphatic heterocycles. The van der Waals surface area contributed by atoms with Crippen LogP contribution in [0.4, 0.5) is 0 Å². The fraction of sp³-hybridized carbons (Fsp3) is 1.00. The van der Waals surface area contributed by atoms with Crippen LogP contribution in [0.2, 0.25) is 0 Å². The zero-order chi connectivity index (χ0) is 10.7. The summed E-state index contributed by atoms with van der Waals surface area (Å²) in [5.41, 5.74) is 0. The minimum atomic E-state index is 0.737. The van der Waals surface area contributed by atoms with Gasteiger partial charge in [-0.1, -0.05) is 0 Å². The van der Waals surface area contributed by atoms with Crippen LogP contribution in [0.15, 0.2) is 0 Å². The molecule has 88 valence electrons. The fourth-order valence-electron chi connectivity index (χ4n) is 3.09. The van der Waals surface area contributed by atoms with Crippen LogP contribution in [0.1, 0.15) is 39.5 Å². The lowest BCUT2D eigenvalue weighted by molar-refractivity contribution is 0.0269. The minimum absolute atomic E-state index is 0.737. The lowest BCUT2D eigenvalue weighted by Gasteiger charge is -2.39. The molecule has 0 aliphatic carbocycles. The second-order valence-electron chi connectivity index (χ2n) is 5.42. The maximum Gasteiger partial charge on any atom is 0.0468 e. The van der Waals surface area contributed by atoms with Crippen LogP contribution >= 0.6 is 0 Å². The molecule has 2 aliphatic rings. The number of ether oxygens (including phenoxy) is 1. The third-order valence-electron chi connectivity index (χ3n) is 4.24. The van der Waals surface area contributed by atoms with Crippen LogP contribution in [-0.2, 0) is 4.74 Å². The van der Waals surface area contributed by atoms with Gasteiger partial charge < -0.3 is 9.64 Å². The quantitative estimate of drug-likeness (QED) is 0.696. The Kier molecular flexibility index (Phi) is 4.04. The van der Waals surface area contributed by atoms with Gasteiger partial charge in [-0.15, -0.1) is 0 Å². The lowest BCUT2D eigenvalue weighted by atomic mass is 9.80. The number of rotatable bonds is 2. The SMILES string of the molecule is CC(C)N1CCC(C2CCOCC2)CC1. The zero-order valence-electron chi connectivity index (χ0n) is 10.2. The van der Waals surface area contributed by atoms with Crippen molar-refractivity contribution >= 4 is 0 Å². The monoisotopic (exact) mass is 211 g/mol. The molecule has 2 rings (SSSR count). The van der Waals surface area contributed by atoms with Crippen molar-refractivity contribution in [2.24, 2.45) is 11.8 Å². The van der Waals surface area contributed by atoms with Gasteiger partial charge in [0.2, 0.25) is 0 Å². The predicted molar refractivity (Wildman–Crippen MR) is 63.0 cm³/mol. The fourth-order valence-corrected chi connectivity index (χ4v) is 3.09. The molecule has 0 bridgehead atoms. The van der Waals surface area contributed by atoms with Crippen molar-refractivity contribution < 1.29 is 4.74 Å². The summed E-state index contributed by atoms with van der Waals surface area (Å²) in [7, 11) is 0. The first-order chi connectivity index (χ1) is 7.27. The molecule has 0 N–H and O–H groups in total. The van der Waals surface area contributed by atoms with E-state index in [0.29, 0.717) is 0 Å². The Balaban J connectivity index is 1.77. The smallest absolute Gasteiger partial charge is 0.0468 e. The van der Waals surface area contributed by atoms with Crippen LogP contribution in [0.25, 0.3) is 0 Å².